The number of carbonyl (C=O) groups is 2. The van der Waals surface area contributed by atoms with Gasteiger partial charge in [-0.2, -0.15) is 4.31 Å². The first kappa shape index (κ1) is 22.8. The fraction of sp³-hybridized carbons (Fsp3) is 0.364. The largest absolute Gasteiger partial charge is 0.494 e. The van der Waals surface area contributed by atoms with E-state index in [2.05, 4.69) is 10.6 Å². The minimum absolute atomic E-state index is 0.118. The Morgan fingerprint density at radius 3 is 2.42 bits per heavy atom. The molecule has 166 valence electrons. The Bertz CT molecular complexity index is 1040. The second-order valence-electron chi connectivity index (χ2n) is 7.36. The van der Waals surface area contributed by atoms with Gasteiger partial charge in [-0.05, 0) is 62.2 Å². The van der Waals surface area contributed by atoms with Crippen molar-refractivity contribution in [2.45, 2.75) is 31.6 Å². The second kappa shape index (κ2) is 9.93. The molecule has 1 aliphatic heterocycles. The van der Waals surface area contributed by atoms with E-state index in [1.807, 2.05) is 6.92 Å². The Labute approximate surface area is 182 Å². The van der Waals surface area contributed by atoms with Crippen LogP contribution in [0, 0.1) is 5.92 Å². The number of sulfonamides is 1. The van der Waals surface area contributed by atoms with E-state index in [4.69, 9.17) is 4.74 Å². The van der Waals surface area contributed by atoms with Crippen molar-refractivity contribution in [3.63, 3.8) is 0 Å². The van der Waals surface area contributed by atoms with Gasteiger partial charge in [-0.3, -0.25) is 9.59 Å². The van der Waals surface area contributed by atoms with Crippen LogP contribution in [0.3, 0.4) is 0 Å². The van der Waals surface area contributed by atoms with Crippen LogP contribution in [0.2, 0.25) is 0 Å². The molecule has 0 aromatic heterocycles. The predicted molar refractivity (Wildman–Crippen MR) is 118 cm³/mol. The normalized spacial score (nSPS) is 17.0. The molecule has 0 aliphatic carbocycles. The fourth-order valence-electron chi connectivity index (χ4n) is 3.52. The van der Waals surface area contributed by atoms with E-state index in [1.54, 1.807) is 36.4 Å². The number of nitrogens with one attached hydrogen (secondary N) is 2. The van der Waals surface area contributed by atoms with Crippen molar-refractivity contribution in [2.75, 3.05) is 30.3 Å². The van der Waals surface area contributed by atoms with Gasteiger partial charge in [0.15, 0.2) is 0 Å². The van der Waals surface area contributed by atoms with Gasteiger partial charge in [-0.1, -0.05) is 6.07 Å². The van der Waals surface area contributed by atoms with Crippen LogP contribution in [0.25, 0.3) is 0 Å². The average Bonchev–Trinajstić information content (AvgIpc) is 2.74. The van der Waals surface area contributed by atoms with Crippen molar-refractivity contribution in [3.8, 4) is 5.75 Å². The topological polar surface area (TPSA) is 105 Å². The third kappa shape index (κ3) is 5.83. The quantitative estimate of drug-likeness (QED) is 0.681. The number of nitrogens with zero attached hydrogens (tertiary/aromatic N) is 1. The molecular formula is C22H27N3O5S. The highest BCUT2D eigenvalue weighted by molar-refractivity contribution is 7.89. The van der Waals surface area contributed by atoms with Gasteiger partial charge in [0.1, 0.15) is 5.75 Å². The zero-order chi connectivity index (χ0) is 22.4. The molecule has 2 N–H and O–H groups in total. The van der Waals surface area contributed by atoms with Gasteiger partial charge in [0.25, 0.3) is 0 Å². The molecule has 0 saturated carbocycles. The van der Waals surface area contributed by atoms with E-state index in [1.165, 1.54) is 23.4 Å². The lowest BCUT2D eigenvalue weighted by molar-refractivity contribution is -0.121. The first-order chi connectivity index (χ1) is 14.8. The zero-order valence-corrected chi connectivity index (χ0v) is 18.4. The standard InChI is InChI=1S/C22H27N3O5S/c1-3-30-20-9-11-21(12-10-20)31(28,29)25-13-5-6-17(15-25)22(27)24-19-8-4-7-18(14-19)23-16(2)26/h4,7-12,14,17H,3,5-6,13,15H2,1-2H3,(H,23,26)(H,24,27)/t17-/m0/s1. The average molecular weight is 446 g/mol. The van der Waals surface area contributed by atoms with Crippen molar-refractivity contribution in [3.05, 3.63) is 48.5 Å². The first-order valence-electron chi connectivity index (χ1n) is 10.2. The van der Waals surface area contributed by atoms with Crippen LogP contribution in [0.5, 0.6) is 5.75 Å². The summed E-state index contributed by atoms with van der Waals surface area (Å²) < 4.78 is 32.8. The van der Waals surface area contributed by atoms with E-state index in [-0.39, 0.29) is 23.3 Å². The van der Waals surface area contributed by atoms with Crippen LogP contribution < -0.4 is 15.4 Å². The molecule has 2 aromatic carbocycles. The van der Waals surface area contributed by atoms with Gasteiger partial charge < -0.3 is 15.4 Å². The lowest BCUT2D eigenvalue weighted by atomic mass is 9.98. The van der Waals surface area contributed by atoms with Crippen LogP contribution in [-0.2, 0) is 19.6 Å². The number of benzene rings is 2. The molecule has 1 heterocycles. The van der Waals surface area contributed by atoms with Crippen LogP contribution in [0.15, 0.2) is 53.4 Å². The van der Waals surface area contributed by atoms with Gasteiger partial charge in [-0.15, -0.1) is 0 Å². The van der Waals surface area contributed by atoms with Crippen LogP contribution in [-0.4, -0.2) is 44.2 Å². The molecule has 3 rings (SSSR count). The van der Waals surface area contributed by atoms with Gasteiger partial charge >= 0.3 is 0 Å². The smallest absolute Gasteiger partial charge is 0.243 e. The van der Waals surface area contributed by atoms with Crippen molar-refractivity contribution in [2.24, 2.45) is 5.92 Å². The van der Waals surface area contributed by atoms with Gasteiger partial charge in [0, 0.05) is 31.4 Å². The molecule has 0 unspecified atom stereocenters. The summed E-state index contributed by atoms with van der Waals surface area (Å²) in [4.78, 5) is 24.2. The Balaban J connectivity index is 1.68. The summed E-state index contributed by atoms with van der Waals surface area (Å²) >= 11 is 0. The Morgan fingerprint density at radius 2 is 1.77 bits per heavy atom. The molecular weight excluding hydrogens is 418 g/mol. The lowest BCUT2D eigenvalue weighted by Crippen LogP contribution is -2.43. The van der Waals surface area contributed by atoms with E-state index >= 15 is 0 Å². The molecule has 2 amide bonds. The number of hydrogen-bond donors (Lipinski definition) is 2. The number of ether oxygens (including phenoxy) is 1. The van der Waals surface area contributed by atoms with Crippen LogP contribution in [0.1, 0.15) is 26.7 Å². The Hall–Kier alpha value is -2.91. The molecule has 2 aromatic rings. The highest BCUT2D eigenvalue weighted by Gasteiger charge is 2.33. The second-order valence-corrected chi connectivity index (χ2v) is 9.30. The lowest BCUT2D eigenvalue weighted by Gasteiger charge is -2.31. The maximum atomic E-state index is 13.0. The SMILES string of the molecule is CCOc1ccc(S(=O)(=O)N2CCC[C@H](C(=O)Nc3cccc(NC(C)=O)c3)C2)cc1. The molecule has 0 spiro atoms. The summed E-state index contributed by atoms with van der Waals surface area (Å²) in [5, 5.41) is 5.50. The number of anilines is 2. The molecule has 31 heavy (non-hydrogen) atoms. The molecule has 0 radical (unpaired) electrons. The molecule has 8 nitrogen and oxygen atoms in total. The molecule has 1 atom stereocenters. The third-order valence-corrected chi connectivity index (χ3v) is 6.86. The Morgan fingerprint density at radius 1 is 1.10 bits per heavy atom. The molecule has 9 heteroatoms. The van der Waals surface area contributed by atoms with Gasteiger partial charge in [0.2, 0.25) is 21.8 Å². The first-order valence-corrected chi connectivity index (χ1v) is 11.6. The summed E-state index contributed by atoms with van der Waals surface area (Å²) in [6.07, 6.45) is 1.20. The van der Waals surface area contributed by atoms with Gasteiger partial charge in [0.05, 0.1) is 17.4 Å². The molecule has 1 fully saturated rings. The van der Waals surface area contributed by atoms with Crippen molar-refractivity contribution < 1.29 is 22.7 Å². The minimum Gasteiger partial charge on any atom is -0.494 e. The van der Waals surface area contributed by atoms with Gasteiger partial charge in [-0.25, -0.2) is 8.42 Å². The van der Waals surface area contributed by atoms with E-state index in [0.29, 0.717) is 43.1 Å². The third-order valence-electron chi connectivity index (χ3n) is 4.98. The summed E-state index contributed by atoms with van der Waals surface area (Å²) in [5.74, 6) is -0.299. The van der Waals surface area contributed by atoms with E-state index in [0.717, 1.165) is 0 Å². The highest BCUT2D eigenvalue weighted by Crippen LogP contribution is 2.26. The zero-order valence-electron chi connectivity index (χ0n) is 17.6. The fourth-order valence-corrected chi connectivity index (χ4v) is 5.04. The summed E-state index contributed by atoms with van der Waals surface area (Å²) in [5.41, 5.74) is 1.12. The number of carbonyl (C=O) groups excluding carboxylic acids is 2. The maximum absolute atomic E-state index is 13.0. The predicted octanol–water partition coefficient (Wildman–Crippen LogP) is 3.08. The van der Waals surface area contributed by atoms with Crippen molar-refractivity contribution >= 4 is 33.2 Å². The van der Waals surface area contributed by atoms with Crippen molar-refractivity contribution in [1.82, 2.24) is 4.31 Å². The number of rotatable bonds is 7. The highest BCUT2D eigenvalue weighted by atomic mass is 32.2. The summed E-state index contributed by atoms with van der Waals surface area (Å²) in [6, 6.07) is 13.2. The van der Waals surface area contributed by atoms with E-state index < -0.39 is 15.9 Å². The summed E-state index contributed by atoms with van der Waals surface area (Å²) in [6.45, 7) is 4.26. The number of amides is 2. The molecule has 1 aliphatic rings. The number of piperidine rings is 1. The van der Waals surface area contributed by atoms with Crippen LogP contribution in [0.4, 0.5) is 11.4 Å². The number of hydrogen-bond acceptors (Lipinski definition) is 5. The minimum atomic E-state index is -3.70. The monoisotopic (exact) mass is 445 g/mol. The van der Waals surface area contributed by atoms with E-state index in [9.17, 15) is 18.0 Å². The maximum Gasteiger partial charge on any atom is 0.243 e. The molecule has 1 saturated heterocycles. The Kier molecular flexibility index (Phi) is 7.29. The van der Waals surface area contributed by atoms with Crippen molar-refractivity contribution in [1.29, 1.82) is 0 Å². The van der Waals surface area contributed by atoms with Crippen LogP contribution >= 0.6 is 0 Å². The summed E-state index contributed by atoms with van der Waals surface area (Å²) in [7, 11) is -3.70. The molecule has 0 bridgehead atoms.